The van der Waals surface area contributed by atoms with Crippen LogP contribution in [0.3, 0.4) is 0 Å². The van der Waals surface area contributed by atoms with Crippen molar-refractivity contribution >= 4 is 27.1 Å². The summed E-state index contributed by atoms with van der Waals surface area (Å²) in [5.74, 6) is 1.16. The third-order valence-corrected chi connectivity index (χ3v) is 13.6. The highest BCUT2D eigenvalue weighted by Crippen LogP contribution is 2.47. The monoisotopic (exact) mass is 644 g/mol. The molecular formula is C38H48N2O5S. The number of hydrogen-bond donors (Lipinski definition) is 0. The molecule has 7 nitrogen and oxygen atoms in total. The van der Waals surface area contributed by atoms with E-state index < -0.39 is 15.6 Å². The Hall–Kier alpha value is -2.97. The zero-order valence-electron chi connectivity index (χ0n) is 27.4. The second-order valence-corrected chi connectivity index (χ2v) is 17.0. The lowest BCUT2D eigenvalue weighted by Crippen LogP contribution is -2.49. The molecule has 1 spiro atoms. The maximum atomic E-state index is 14.2. The van der Waals surface area contributed by atoms with Gasteiger partial charge < -0.3 is 14.4 Å². The number of aryl methyl sites for hydroxylation is 2. The van der Waals surface area contributed by atoms with E-state index in [0.717, 1.165) is 75.9 Å². The Bertz CT molecular complexity index is 1650. The maximum Gasteiger partial charge on any atom is 0.285 e. The van der Waals surface area contributed by atoms with E-state index in [1.807, 2.05) is 12.1 Å². The number of amides is 1. The van der Waals surface area contributed by atoms with Gasteiger partial charge in [-0.05, 0) is 106 Å². The van der Waals surface area contributed by atoms with Crippen molar-refractivity contribution in [2.24, 2.45) is 22.1 Å². The number of benzene rings is 2. The minimum atomic E-state index is -3.05. The number of carbonyl (C=O) groups excluding carboxylic acids is 2. The molecule has 2 heterocycles. The second-order valence-electron chi connectivity index (χ2n) is 14.5. The van der Waals surface area contributed by atoms with E-state index >= 15 is 0 Å². The van der Waals surface area contributed by atoms with Crippen molar-refractivity contribution in [1.82, 2.24) is 0 Å². The number of ether oxygens (including phenoxy) is 2. The highest BCUT2D eigenvalue weighted by atomic mass is 32.2. The van der Waals surface area contributed by atoms with Gasteiger partial charge in [-0.25, -0.2) is 4.21 Å². The van der Waals surface area contributed by atoms with Gasteiger partial charge in [-0.15, -0.1) is 0 Å². The molecule has 5 atom stereocenters. The van der Waals surface area contributed by atoms with E-state index in [4.69, 9.17) is 9.47 Å². The zero-order chi connectivity index (χ0) is 31.9. The van der Waals surface area contributed by atoms with Crippen LogP contribution in [0.25, 0.3) is 0 Å². The highest BCUT2D eigenvalue weighted by molar-refractivity contribution is 7.94. The molecule has 0 aromatic heterocycles. The van der Waals surface area contributed by atoms with Gasteiger partial charge in [0, 0.05) is 42.8 Å². The van der Waals surface area contributed by atoms with Gasteiger partial charge in [-0.2, -0.15) is 4.36 Å². The summed E-state index contributed by atoms with van der Waals surface area (Å²) >= 11 is 0. The molecule has 46 heavy (non-hydrogen) atoms. The van der Waals surface area contributed by atoms with Crippen molar-refractivity contribution in [3.05, 3.63) is 70.8 Å². The minimum absolute atomic E-state index is 0.0111. The molecule has 2 saturated carbocycles. The van der Waals surface area contributed by atoms with Crippen molar-refractivity contribution in [3.8, 4) is 5.75 Å². The first-order chi connectivity index (χ1) is 22.3. The molecule has 2 bridgehead atoms. The molecule has 0 unspecified atom stereocenters. The molecule has 2 aromatic carbocycles. The van der Waals surface area contributed by atoms with E-state index in [2.05, 4.69) is 46.5 Å². The summed E-state index contributed by atoms with van der Waals surface area (Å²) in [5, 5.41) is 0. The van der Waals surface area contributed by atoms with E-state index in [-0.39, 0.29) is 34.7 Å². The third-order valence-electron chi connectivity index (χ3n) is 11.4. The Morgan fingerprint density at radius 2 is 1.98 bits per heavy atom. The zero-order valence-corrected chi connectivity index (χ0v) is 28.2. The normalized spacial score (nSPS) is 32.1. The summed E-state index contributed by atoms with van der Waals surface area (Å²) in [6, 6.07) is 12.4. The number of Topliss-reactive ketones (excluding diaryl/α,β-unsaturated/α-hetero) is 1. The molecule has 2 aromatic rings. The molecule has 8 heteroatoms. The number of nitrogens with zero attached hydrogens (tertiary/aromatic N) is 2. The van der Waals surface area contributed by atoms with Crippen LogP contribution in [0, 0.1) is 24.7 Å². The van der Waals surface area contributed by atoms with Gasteiger partial charge in [0.05, 0.1) is 33.9 Å². The fourth-order valence-electron chi connectivity index (χ4n) is 8.42. The Balaban J connectivity index is 1.29. The van der Waals surface area contributed by atoms with Crippen LogP contribution in [0.2, 0.25) is 0 Å². The average molecular weight is 645 g/mol. The van der Waals surface area contributed by atoms with Crippen molar-refractivity contribution in [1.29, 1.82) is 0 Å². The smallest absolute Gasteiger partial charge is 0.285 e. The summed E-state index contributed by atoms with van der Waals surface area (Å²) in [6.07, 6.45) is 13.8. The number of rotatable bonds is 4. The fourth-order valence-corrected chi connectivity index (χ4v) is 10.4. The Kier molecular flexibility index (Phi) is 8.87. The van der Waals surface area contributed by atoms with Crippen LogP contribution in [0.15, 0.2) is 52.9 Å². The van der Waals surface area contributed by atoms with Crippen molar-refractivity contribution in [2.75, 3.05) is 43.2 Å². The number of hydrogen-bond acceptors (Lipinski definition) is 6. The van der Waals surface area contributed by atoms with Crippen LogP contribution in [0.4, 0.5) is 5.69 Å². The lowest BCUT2D eigenvalue weighted by Gasteiger charge is -2.46. The lowest BCUT2D eigenvalue weighted by atomic mass is 9.68. The second kappa shape index (κ2) is 12.9. The first-order valence-corrected chi connectivity index (χ1v) is 19.2. The predicted molar refractivity (Wildman–Crippen MR) is 182 cm³/mol. The molecule has 0 saturated heterocycles. The molecule has 3 aliphatic carbocycles. The first kappa shape index (κ1) is 31.6. The summed E-state index contributed by atoms with van der Waals surface area (Å²) in [6.45, 7) is 4.39. The number of anilines is 1. The van der Waals surface area contributed by atoms with Gasteiger partial charge in [-0.3, -0.25) is 9.59 Å². The minimum Gasteiger partial charge on any atom is -0.490 e. The van der Waals surface area contributed by atoms with Crippen LogP contribution < -0.4 is 9.64 Å². The van der Waals surface area contributed by atoms with E-state index in [0.29, 0.717) is 36.8 Å². The van der Waals surface area contributed by atoms with Crippen LogP contribution in [0.5, 0.6) is 5.75 Å². The average Bonchev–Trinajstić information content (AvgIpc) is 3.13. The molecular weight excluding hydrogens is 596 g/mol. The van der Waals surface area contributed by atoms with Crippen LogP contribution in [-0.4, -0.2) is 60.3 Å². The van der Waals surface area contributed by atoms with Gasteiger partial charge in [0.2, 0.25) is 0 Å². The number of allylic oxidation sites excluding steroid dienone is 1. The number of fused-ring (bicyclic) bond motifs is 4. The molecule has 2 fully saturated rings. The molecule has 0 radical (unpaired) electrons. The highest BCUT2D eigenvalue weighted by Gasteiger charge is 2.44. The van der Waals surface area contributed by atoms with Gasteiger partial charge in [0.1, 0.15) is 11.5 Å². The summed E-state index contributed by atoms with van der Waals surface area (Å²) < 4.78 is 31.3. The summed E-state index contributed by atoms with van der Waals surface area (Å²) in [4.78, 5) is 29.3. The summed E-state index contributed by atoms with van der Waals surface area (Å²) in [5.41, 5.74) is 5.23. The SMILES string of the molecule is CO[C@H]1/C=C/CCC[S@@](=O)(CC(=O)C2CCC2)=NC(=O)c2ccc3c(c2)N(C[C@@H]2CC[C@H]21)C[C@@]1(CCCc2cc(C)ccc21)CO3. The number of carbonyl (C=O) groups is 2. The van der Waals surface area contributed by atoms with Gasteiger partial charge in [-0.1, -0.05) is 42.3 Å². The predicted octanol–water partition coefficient (Wildman–Crippen LogP) is 6.84. The van der Waals surface area contributed by atoms with Crippen LogP contribution in [0.1, 0.15) is 84.8 Å². The molecule has 5 aliphatic rings. The molecule has 2 aliphatic heterocycles. The molecule has 246 valence electrons. The topological polar surface area (TPSA) is 85.3 Å². The molecule has 7 rings (SSSR count). The van der Waals surface area contributed by atoms with E-state index in [1.54, 1.807) is 13.2 Å². The largest absolute Gasteiger partial charge is 0.490 e. The van der Waals surface area contributed by atoms with Crippen molar-refractivity contribution in [2.45, 2.75) is 82.7 Å². The third kappa shape index (κ3) is 6.19. The lowest BCUT2D eigenvalue weighted by molar-refractivity contribution is -0.122. The Labute approximate surface area is 274 Å². The Morgan fingerprint density at radius 1 is 1.11 bits per heavy atom. The first-order valence-electron chi connectivity index (χ1n) is 17.4. The maximum absolute atomic E-state index is 14.2. The molecule has 1 amide bonds. The standard InChI is InChI=1S/C38H48N2O5S/c1-26-12-16-32-28(20-26)10-7-18-38(32)24-40-22-30-13-15-31(30)35(44-2)11-4-3-5-19-46(43,23-34(41)27-8-6-9-27)39-37(42)29-14-17-36(45-25-38)33(40)21-29/h4,11-12,14,16-17,20-21,27,30-31,35H,3,5-10,13,15,18-19,22-25H2,1-2H3/b11-4+/t30-,31+,35-,38-,46+/m0/s1. The van der Waals surface area contributed by atoms with Crippen LogP contribution in [-0.2, 0) is 31.1 Å². The molecule has 0 N–H and O–H groups in total. The van der Waals surface area contributed by atoms with Gasteiger partial charge in [0.15, 0.2) is 0 Å². The van der Waals surface area contributed by atoms with Crippen molar-refractivity contribution in [3.63, 3.8) is 0 Å². The van der Waals surface area contributed by atoms with Gasteiger partial charge in [0.25, 0.3) is 5.91 Å². The Morgan fingerprint density at radius 3 is 2.74 bits per heavy atom. The van der Waals surface area contributed by atoms with Crippen LogP contribution >= 0.6 is 0 Å². The van der Waals surface area contributed by atoms with Gasteiger partial charge >= 0.3 is 0 Å². The van der Waals surface area contributed by atoms with E-state index in [1.165, 1.54) is 16.7 Å². The fraction of sp³-hybridized carbons (Fsp3) is 0.579. The van der Waals surface area contributed by atoms with Crippen molar-refractivity contribution < 1.29 is 23.3 Å². The quantitative estimate of drug-likeness (QED) is 0.339. The number of ketones is 1. The number of methoxy groups -OCH3 is 1. The summed E-state index contributed by atoms with van der Waals surface area (Å²) in [7, 11) is -1.25. The van der Waals surface area contributed by atoms with E-state index in [9.17, 15) is 13.8 Å².